The van der Waals surface area contributed by atoms with E-state index in [1.807, 2.05) is 0 Å². The molecule has 0 fully saturated rings. The van der Waals surface area contributed by atoms with Crippen molar-refractivity contribution in [2.24, 2.45) is 0 Å². The fraction of sp³-hybridized carbons (Fsp3) is 0.263. The minimum atomic E-state index is -4.67. The van der Waals surface area contributed by atoms with E-state index >= 15 is 0 Å². The zero-order chi connectivity index (χ0) is 24.2. The highest BCUT2D eigenvalue weighted by atomic mass is 35.5. The van der Waals surface area contributed by atoms with Crippen LogP contribution >= 0.6 is 11.6 Å². The van der Waals surface area contributed by atoms with Gasteiger partial charge < -0.3 is 19.5 Å². The molecule has 1 N–H and O–H groups in total. The number of ether oxygens (including phenoxy) is 3. The molecule has 0 saturated heterocycles. The van der Waals surface area contributed by atoms with E-state index in [0.717, 1.165) is 31.2 Å². The van der Waals surface area contributed by atoms with Gasteiger partial charge in [-0.05, 0) is 25.1 Å². The molecule has 32 heavy (non-hydrogen) atoms. The van der Waals surface area contributed by atoms with Gasteiger partial charge in [0.05, 0.1) is 41.5 Å². The van der Waals surface area contributed by atoms with Gasteiger partial charge in [-0.1, -0.05) is 11.6 Å². The Morgan fingerprint density at radius 1 is 1.12 bits per heavy atom. The second-order valence-electron chi connectivity index (χ2n) is 6.21. The standard InChI is InChI=1S/C19H16ClF3N2O7/c1-9(17(26)24-13-6-10(19(21,22)23)4-5-12(13)20)32-18(27)11-7-15(30-2)16(31-3)8-14(11)25(28)29/h4-9H,1-3H3,(H,24,26)/t9-/m1/s1. The summed E-state index contributed by atoms with van der Waals surface area (Å²) in [6.07, 6.45) is -6.21. The van der Waals surface area contributed by atoms with Crippen molar-refractivity contribution in [2.45, 2.75) is 19.2 Å². The van der Waals surface area contributed by atoms with Crippen molar-refractivity contribution in [1.82, 2.24) is 0 Å². The van der Waals surface area contributed by atoms with Gasteiger partial charge in [-0.3, -0.25) is 14.9 Å². The molecule has 0 radical (unpaired) electrons. The number of carbonyl (C=O) groups excluding carboxylic acids is 2. The molecule has 0 heterocycles. The molecule has 0 saturated carbocycles. The average Bonchev–Trinajstić information content (AvgIpc) is 2.72. The minimum Gasteiger partial charge on any atom is -0.493 e. The predicted octanol–water partition coefficient (Wildman–Crippen LogP) is 4.47. The molecule has 0 aliphatic rings. The van der Waals surface area contributed by atoms with Crippen molar-refractivity contribution in [3.8, 4) is 11.5 Å². The van der Waals surface area contributed by atoms with Gasteiger partial charge in [-0.25, -0.2) is 4.79 Å². The molecule has 2 aromatic carbocycles. The first-order valence-corrected chi connectivity index (χ1v) is 9.05. The van der Waals surface area contributed by atoms with E-state index < -0.39 is 45.9 Å². The third-order valence-electron chi connectivity index (χ3n) is 4.12. The van der Waals surface area contributed by atoms with Gasteiger partial charge >= 0.3 is 12.1 Å². The molecular formula is C19H16ClF3N2O7. The van der Waals surface area contributed by atoms with E-state index in [1.54, 1.807) is 0 Å². The first kappa shape index (κ1) is 24.7. The fourth-order valence-corrected chi connectivity index (χ4v) is 2.66. The molecule has 0 spiro atoms. The number of rotatable bonds is 7. The van der Waals surface area contributed by atoms with Crippen LogP contribution < -0.4 is 14.8 Å². The quantitative estimate of drug-likeness (QED) is 0.356. The van der Waals surface area contributed by atoms with Crippen LogP contribution in [0.1, 0.15) is 22.8 Å². The number of alkyl halides is 3. The van der Waals surface area contributed by atoms with Crippen molar-refractivity contribution in [3.05, 3.63) is 56.6 Å². The number of hydrogen-bond acceptors (Lipinski definition) is 7. The molecule has 2 aromatic rings. The van der Waals surface area contributed by atoms with E-state index in [2.05, 4.69) is 5.32 Å². The lowest BCUT2D eigenvalue weighted by Gasteiger charge is -2.16. The van der Waals surface area contributed by atoms with E-state index in [4.69, 9.17) is 25.8 Å². The third kappa shape index (κ3) is 5.58. The van der Waals surface area contributed by atoms with Gasteiger partial charge in [0, 0.05) is 6.07 Å². The van der Waals surface area contributed by atoms with Gasteiger partial charge in [0.15, 0.2) is 17.6 Å². The lowest BCUT2D eigenvalue weighted by atomic mass is 10.1. The Hall–Kier alpha value is -3.54. The van der Waals surface area contributed by atoms with Crippen molar-refractivity contribution >= 4 is 34.9 Å². The molecule has 172 valence electrons. The summed E-state index contributed by atoms with van der Waals surface area (Å²) in [6, 6.07) is 4.26. The molecule has 0 unspecified atom stereocenters. The number of esters is 1. The van der Waals surface area contributed by atoms with Crippen LogP contribution in [0.4, 0.5) is 24.5 Å². The maximum atomic E-state index is 12.9. The van der Waals surface area contributed by atoms with Crippen molar-refractivity contribution in [1.29, 1.82) is 0 Å². The van der Waals surface area contributed by atoms with Crippen LogP contribution in [0, 0.1) is 10.1 Å². The second kappa shape index (κ2) is 9.73. The molecule has 9 nitrogen and oxygen atoms in total. The van der Waals surface area contributed by atoms with E-state index in [1.165, 1.54) is 14.2 Å². The number of nitro benzene ring substituents is 1. The summed E-state index contributed by atoms with van der Waals surface area (Å²) in [6.45, 7) is 1.13. The zero-order valence-corrected chi connectivity index (χ0v) is 17.5. The number of amides is 1. The highest BCUT2D eigenvalue weighted by molar-refractivity contribution is 6.33. The molecule has 1 amide bonds. The monoisotopic (exact) mass is 476 g/mol. The fourth-order valence-electron chi connectivity index (χ4n) is 2.49. The highest BCUT2D eigenvalue weighted by Crippen LogP contribution is 2.36. The van der Waals surface area contributed by atoms with Gasteiger partial charge in [-0.2, -0.15) is 13.2 Å². The summed E-state index contributed by atoms with van der Waals surface area (Å²) in [4.78, 5) is 35.3. The maximum Gasteiger partial charge on any atom is 0.416 e. The number of anilines is 1. The zero-order valence-electron chi connectivity index (χ0n) is 16.8. The lowest BCUT2D eigenvalue weighted by Crippen LogP contribution is -2.30. The third-order valence-corrected chi connectivity index (χ3v) is 4.45. The second-order valence-corrected chi connectivity index (χ2v) is 6.62. The maximum absolute atomic E-state index is 12.9. The van der Waals surface area contributed by atoms with Crippen molar-refractivity contribution in [2.75, 3.05) is 19.5 Å². The van der Waals surface area contributed by atoms with Gasteiger partial charge in [-0.15, -0.1) is 0 Å². The molecule has 13 heteroatoms. The number of nitro groups is 1. The summed E-state index contributed by atoms with van der Waals surface area (Å²) >= 11 is 5.82. The van der Waals surface area contributed by atoms with Gasteiger partial charge in [0.2, 0.25) is 0 Å². The van der Waals surface area contributed by atoms with Crippen molar-refractivity contribution in [3.63, 3.8) is 0 Å². The van der Waals surface area contributed by atoms with Gasteiger partial charge in [0.25, 0.3) is 11.6 Å². The molecule has 0 bridgehead atoms. The summed E-state index contributed by atoms with van der Waals surface area (Å²) < 4.78 is 53.5. The molecule has 0 aliphatic carbocycles. The normalized spacial score (nSPS) is 12.0. The molecule has 0 aromatic heterocycles. The summed E-state index contributed by atoms with van der Waals surface area (Å²) in [5.74, 6) is -2.27. The van der Waals surface area contributed by atoms with Crippen molar-refractivity contribution < 1.29 is 41.9 Å². The summed E-state index contributed by atoms with van der Waals surface area (Å²) in [7, 11) is 2.48. The average molecular weight is 477 g/mol. The Balaban J connectivity index is 2.25. The number of benzene rings is 2. The number of methoxy groups -OCH3 is 2. The van der Waals surface area contributed by atoms with E-state index in [0.29, 0.717) is 6.07 Å². The van der Waals surface area contributed by atoms with E-state index in [-0.39, 0.29) is 22.2 Å². The highest BCUT2D eigenvalue weighted by Gasteiger charge is 2.32. The van der Waals surface area contributed by atoms with Crippen LogP contribution in [0.2, 0.25) is 5.02 Å². The van der Waals surface area contributed by atoms with Crippen LogP contribution in [-0.2, 0) is 15.7 Å². The Morgan fingerprint density at radius 3 is 2.25 bits per heavy atom. The Kier molecular flexibility index (Phi) is 7.52. The number of nitrogens with zero attached hydrogens (tertiary/aromatic N) is 1. The first-order chi connectivity index (χ1) is 14.9. The van der Waals surface area contributed by atoms with Crippen LogP contribution in [0.25, 0.3) is 0 Å². The minimum absolute atomic E-state index is 0.00194. The largest absolute Gasteiger partial charge is 0.493 e. The van der Waals surface area contributed by atoms with Crippen LogP contribution in [0.15, 0.2) is 30.3 Å². The summed E-state index contributed by atoms with van der Waals surface area (Å²) in [5, 5.41) is 13.3. The van der Waals surface area contributed by atoms with E-state index in [9.17, 15) is 32.9 Å². The van der Waals surface area contributed by atoms with Gasteiger partial charge in [0.1, 0.15) is 5.56 Å². The SMILES string of the molecule is COc1cc(C(=O)O[C@H](C)C(=O)Nc2cc(C(F)(F)F)ccc2Cl)c([N+](=O)[O-])cc1OC. The Labute approximate surface area is 184 Å². The first-order valence-electron chi connectivity index (χ1n) is 8.68. The van der Waals surface area contributed by atoms with Crippen LogP contribution in [0.5, 0.6) is 11.5 Å². The molecule has 1 atom stereocenters. The number of nitrogens with one attached hydrogen (secondary N) is 1. The van der Waals surface area contributed by atoms with Crippen LogP contribution in [-0.4, -0.2) is 37.1 Å². The lowest BCUT2D eigenvalue weighted by molar-refractivity contribution is -0.385. The Morgan fingerprint density at radius 2 is 1.72 bits per heavy atom. The molecule has 2 rings (SSSR count). The summed E-state index contributed by atoms with van der Waals surface area (Å²) in [5.41, 5.74) is -2.60. The molecular weight excluding hydrogens is 461 g/mol. The number of hydrogen-bond donors (Lipinski definition) is 1. The molecule has 0 aliphatic heterocycles. The Bertz CT molecular complexity index is 1060. The number of halogens is 4. The smallest absolute Gasteiger partial charge is 0.416 e. The van der Waals surface area contributed by atoms with Crippen LogP contribution in [0.3, 0.4) is 0 Å². The predicted molar refractivity (Wildman–Crippen MR) is 106 cm³/mol. The number of carbonyl (C=O) groups is 2. The topological polar surface area (TPSA) is 117 Å².